The number of carbonyl (C=O) groups excluding carboxylic acids is 2. The molecule has 1 unspecified atom stereocenters. The quantitative estimate of drug-likeness (QED) is 0.293. The minimum atomic E-state index is -0.804. The van der Waals surface area contributed by atoms with Crippen LogP contribution in [-0.4, -0.2) is 43.0 Å². The lowest BCUT2D eigenvalue weighted by Gasteiger charge is -2.26. The fraction of sp³-hybridized carbons (Fsp3) is 0.276. The van der Waals surface area contributed by atoms with E-state index in [1.165, 1.54) is 4.90 Å². The predicted octanol–water partition coefficient (Wildman–Crippen LogP) is 5.21. The third-order valence-electron chi connectivity index (χ3n) is 6.56. The van der Waals surface area contributed by atoms with Crippen molar-refractivity contribution in [2.75, 3.05) is 31.0 Å². The largest absolute Gasteiger partial charge is 0.507 e. The summed E-state index contributed by atoms with van der Waals surface area (Å²) in [5.41, 5.74) is 4.40. The number of ketones is 1. The maximum atomic E-state index is 13.5. The number of aliphatic hydroxyl groups excluding tert-OH is 1. The van der Waals surface area contributed by atoms with Crippen molar-refractivity contribution in [2.24, 2.45) is 0 Å². The van der Waals surface area contributed by atoms with Gasteiger partial charge in [0.15, 0.2) is 0 Å². The third-order valence-corrected chi connectivity index (χ3v) is 6.56. The molecule has 1 aliphatic rings. The molecule has 1 amide bonds. The van der Waals surface area contributed by atoms with E-state index in [9.17, 15) is 14.7 Å². The first-order valence-electron chi connectivity index (χ1n) is 11.8. The van der Waals surface area contributed by atoms with Crippen molar-refractivity contribution in [3.05, 3.63) is 88.8 Å². The second-order valence-corrected chi connectivity index (χ2v) is 9.42. The Kier molecular flexibility index (Phi) is 6.84. The van der Waals surface area contributed by atoms with E-state index in [-0.39, 0.29) is 17.3 Å². The summed E-state index contributed by atoms with van der Waals surface area (Å²) in [6.45, 7) is 5.91. The summed E-state index contributed by atoms with van der Waals surface area (Å²) in [5, 5.41) is 11.6. The molecule has 4 rings (SSSR count). The standard InChI is InChI=1S/C29H31N3O4/c1-17(2)22-16-23(18(3)15-24(22)36-6)27(33)25-26(19-11-13-30-14-12-19)32(29(35)28(25)34)21-9-7-20(8-10-21)31(4)5/h7-17,26,33H,1-6H3/b27-25+. The van der Waals surface area contributed by atoms with Gasteiger partial charge in [0.1, 0.15) is 11.5 Å². The topological polar surface area (TPSA) is 83.0 Å². The smallest absolute Gasteiger partial charge is 0.300 e. The number of aryl methyl sites for hydroxylation is 1. The van der Waals surface area contributed by atoms with E-state index in [0.29, 0.717) is 22.6 Å². The number of methoxy groups -OCH3 is 1. The number of aliphatic hydroxyl groups is 1. The molecule has 1 N–H and O–H groups in total. The molecule has 1 fully saturated rings. The van der Waals surface area contributed by atoms with E-state index in [2.05, 4.69) is 4.98 Å². The highest BCUT2D eigenvalue weighted by Gasteiger charge is 2.47. The van der Waals surface area contributed by atoms with Crippen LogP contribution in [0.5, 0.6) is 5.75 Å². The molecule has 1 aliphatic heterocycles. The van der Waals surface area contributed by atoms with Crippen LogP contribution in [0.4, 0.5) is 11.4 Å². The first-order valence-corrected chi connectivity index (χ1v) is 11.8. The Morgan fingerprint density at radius 2 is 1.69 bits per heavy atom. The van der Waals surface area contributed by atoms with Gasteiger partial charge < -0.3 is 14.7 Å². The highest BCUT2D eigenvalue weighted by Crippen LogP contribution is 2.43. The highest BCUT2D eigenvalue weighted by molar-refractivity contribution is 6.51. The van der Waals surface area contributed by atoms with Crippen LogP contribution in [0.2, 0.25) is 0 Å². The molecule has 2 heterocycles. The predicted molar refractivity (Wildman–Crippen MR) is 142 cm³/mol. The summed E-state index contributed by atoms with van der Waals surface area (Å²) in [6.07, 6.45) is 3.22. The van der Waals surface area contributed by atoms with E-state index in [4.69, 9.17) is 4.74 Å². The third kappa shape index (κ3) is 4.33. The van der Waals surface area contributed by atoms with Crippen molar-refractivity contribution in [3.63, 3.8) is 0 Å². The summed E-state index contributed by atoms with van der Waals surface area (Å²) >= 11 is 0. The van der Waals surface area contributed by atoms with Crippen LogP contribution in [0.3, 0.4) is 0 Å². The summed E-state index contributed by atoms with van der Waals surface area (Å²) < 4.78 is 5.54. The lowest BCUT2D eigenvalue weighted by atomic mass is 9.91. The zero-order chi connectivity index (χ0) is 26.1. The first-order chi connectivity index (χ1) is 17.1. The number of carbonyl (C=O) groups is 2. The molecule has 0 saturated carbocycles. The second kappa shape index (κ2) is 9.85. The van der Waals surface area contributed by atoms with Gasteiger partial charge in [0.05, 0.1) is 18.7 Å². The van der Waals surface area contributed by atoms with E-state index >= 15 is 0 Å². The molecule has 3 aromatic rings. The Bertz CT molecular complexity index is 1330. The number of nitrogens with zero attached hydrogens (tertiary/aromatic N) is 3. The van der Waals surface area contributed by atoms with Gasteiger partial charge in [-0.3, -0.25) is 19.5 Å². The Morgan fingerprint density at radius 3 is 2.25 bits per heavy atom. The number of rotatable bonds is 6. The van der Waals surface area contributed by atoms with Gasteiger partial charge >= 0.3 is 0 Å². The summed E-state index contributed by atoms with van der Waals surface area (Å²) in [7, 11) is 5.47. The molecule has 0 spiro atoms. The molecule has 0 aliphatic carbocycles. The number of amides is 1. The van der Waals surface area contributed by atoms with Crippen LogP contribution < -0.4 is 14.5 Å². The molecule has 1 saturated heterocycles. The van der Waals surface area contributed by atoms with Crippen molar-refractivity contribution in [2.45, 2.75) is 32.7 Å². The SMILES string of the molecule is COc1cc(C)c(/C(O)=C2\C(=O)C(=O)N(c3ccc(N(C)C)cc3)C2c2ccncc2)cc1C(C)C. The molecule has 1 aromatic heterocycles. The molecule has 0 bridgehead atoms. The number of pyridine rings is 1. The number of aromatic nitrogens is 1. The molecule has 186 valence electrons. The van der Waals surface area contributed by atoms with Gasteiger partial charge in [0.2, 0.25) is 0 Å². The Morgan fingerprint density at radius 1 is 1.06 bits per heavy atom. The van der Waals surface area contributed by atoms with Crippen LogP contribution in [0.25, 0.3) is 5.76 Å². The molecule has 1 atom stereocenters. The van der Waals surface area contributed by atoms with Crippen molar-refractivity contribution in [1.29, 1.82) is 0 Å². The molecular formula is C29H31N3O4. The fourth-order valence-corrected chi connectivity index (χ4v) is 4.60. The maximum absolute atomic E-state index is 13.5. The average molecular weight is 486 g/mol. The van der Waals surface area contributed by atoms with Crippen LogP contribution >= 0.6 is 0 Å². The van der Waals surface area contributed by atoms with Gasteiger partial charge in [-0.05, 0) is 78.1 Å². The molecule has 0 radical (unpaired) electrons. The molecule has 7 heteroatoms. The summed E-state index contributed by atoms with van der Waals surface area (Å²) in [4.78, 5) is 34.4. The van der Waals surface area contributed by atoms with E-state index in [1.807, 2.05) is 76.2 Å². The second-order valence-electron chi connectivity index (χ2n) is 9.42. The van der Waals surface area contributed by atoms with Crippen LogP contribution in [0.15, 0.2) is 66.5 Å². The Balaban J connectivity index is 1.94. The Hall–Kier alpha value is -4.13. The van der Waals surface area contributed by atoms with Crippen LogP contribution in [-0.2, 0) is 9.59 Å². The van der Waals surface area contributed by atoms with Gasteiger partial charge in [-0.25, -0.2) is 0 Å². The fourth-order valence-electron chi connectivity index (χ4n) is 4.60. The van der Waals surface area contributed by atoms with Crippen LogP contribution in [0, 0.1) is 6.92 Å². The lowest BCUT2D eigenvalue weighted by Crippen LogP contribution is -2.29. The van der Waals surface area contributed by atoms with Crippen molar-refractivity contribution < 1.29 is 19.4 Å². The minimum absolute atomic E-state index is 0.0471. The molecule has 36 heavy (non-hydrogen) atoms. The summed E-state index contributed by atoms with van der Waals surface area (Å²) in [5.74, 6) is -0.782. The number of benzene rings is 2. The zero-order valence-electron chi connectivity index (χ0n) is 21.4. The average Bonchev–Trinajstić information content (AvgIpc) is 3.14. The van der Waals surface area contributed by atoms with Gasteiger partial charge in [0, 0.05) is 43.4 Å². The number of anilines is 2. The first kappa shape index (κ1) is 25.0. The zero-order valence-corrected chi connectivity index (χ0v) is 21.4. The van der Waals surface area contributed by atoms with Gasteiger partial charge in [-0.15, -0.1) is 0 Å². The maximum Gasteiger partial charge on any atom is 0.300 e. The van der Waals surface area contributed by atoms with Gasteiger partial charge in [-0.2, -0.15) is 0 Å². The number of hydrogen-bond acceptors (Lipinski definition) is 6. The van der Waals surface area contributed by atoms with E-state index in [1.54, 1.807) is 31.6 Å². The van der Waals surface area contributed by atoms with Crippen molar-refractivity contribution >= 4 is 28.8 Å². The van der Waals surface area contributed by atoms with Crippen LogP contribution in [0.1, 0.15) is 48.1 Å². The molecule has 7 nitrogen and oxygen atoms in total. The Labute approximate surface area is 211 Å². The summed E-state index contributed by atoms with van der Waals surface area (Å²) in [6, 6.07) is 13.8. The van der Waals surface area contributed by atoms with E-state index in [0.717, 1.165) is 16.8 Å². The van der Waals surface area contributed by atoms with Gasteiger partial charge in [-0.1, -0.05) is 13.8 Å². The lowest BCUT2D eigenvalue weighted by molar-refractivity contribution is -0.132. The van der Waals surface area contributed by atoms with E-state index < -0.39 is 17.7 Å². The number of ether oxygens (including phenoxy) is 1. The van der Waals surface area contributed by atoms with Gasteiger partial charge in [0.25, 0.3) is 11.7 Å². The number of hydrogen-bond donors (Lipinski definition) is 1. The van der Waals surface area contributed by atoms with Crippen molar-refractivity contribution in [3.8, 4) is 5.75 Å². The normalized spacial score (nSPS) is 17.1. The minimum Gasteiger partial charge on any atom is -0.507 e. The number of Topliss-reactive ketones (excluding diaryl/α,β-unsaturated/α-hetero) is 1. The highest BCUT2D eigenvalue weighted by atomic mass is 16.5. The molecule has 2 aromatic carbocycles. The monoisotopic (exact) mass is 485 g/mol. The molecular weight excluding hydrogens is 454 g/mol. The van der Waals surface area contributed by atoms with Crippen molar-refractivity contribution in [1.82, 2.24) is 4.98 Å².